The van der Waals surface area contributed by atoms with Crippen LogP contribution in [0.1, 0.15) is 17.5 Å². The summed E-state index contributed by atoms with van der Waals surface area (Å²) in [4.78, 5) is 0. The Morgan fingerprint density at radius 2 is 1.70 bits per heavy atom. The molecule has 3 N–H and O–H groups in total. The SMILES string of the molecule is COc1cc(OC)c2c(c1)OC(O)(c1ccccc1)CC2(O)O. The van der Waals surface area contributed by atoms with Crippen molar-refractivity contribution in [2.24, 2.45) is 0 Å². The van der Waals surface area contributed by atoms with Gasteiger partial charge in [0.05, 0.1) is 26.2 Å². The summed E-state index contributed by atoms with van der Waals surface area (Å²) in [6, 6.07) is 11.6. The molecule has 0 fully saturated rings. The van der Waals surface area contributed by atoms with Gasteiger partial charge in [-0.15, -0.1) is 0 Å². The third kappa shape index (κ3) is 2.61. The molecule has 3 rings (SSSR count). The maximum atomic E-state index is 10.8. The van der Waals surface area contributed by atoms with Gasteiger partial charge in [-0.25, -0.2) is 0 Å². The first kappa shape index (κ1) is 15.6. The summed E-state index contributed by atoms with van der Waals surface area (Å²) in [7, 11) is 2.88. The van der Waals surface area contributed by atoms with Crippen LogP contribution < -0.4 is 14.2 Å². The van der Waals surface area contributed by atoms with E-state index in [4.69, 9.17) is 14.2 Å². The molecule has 0 bridgehead atoms. The van der Waals surface area contributed by atoms with Crippen molar-refractivity contribution in [1.29, 1.82) is 0 Å². The second-order valence-corrected chi connectivity index (χ2v) is 5.45. The number of hydrogen-bond acceptors (Lipinski definition) is 6. The number of ether oxygens (including phenoxy) is 3. The van der Waals surface area contributed by atoms with Crippen LogP contribution in [0, 0.1) is 0 Å². The first-order valence-electron chi connectivity index (χ1n) is 7.08. The maximum Gasteiger partial charge on any atom is 0.240 e. The normalized spacial score (nSPS) is 22.0. The van der Waals surface area contributed by atoms with E-state index in [0.29, 0.717) is 11.3 Å². The molecule has 1 atom stereocenters. The molecule has 1 aliphatic heterocycles. The second-order valence-electron chi connectivity index (χ2n) is 5.45. The molecule has 2 aromatic carbocycles. The molecule has 2 aromatic rings. The molecule has 1 heterocycles. The summed E-state index contributed by atoms with van der Waals surface area (Å²) < 4.78 is 16.1. The topological polar surface area (TPSA) is 88.4 Å². The van der Waals surface area contributed by atoms with E-state index < -0.39 is 18.0 Å². The number of methoxy groups -OCH3 is 2. The molecule has 6 nitrogen and oxygen atoms in total. The van der Waals surface area contributed by atoms with Gasteiger partial charge in [0.15, 0.2) is 0 Å². The summed E-state index contributed by atoms with van der Waals surface area (Å²) in [5.74, 6) is -3.50. The second kappa shape index (κ2) is 5.42. The van der Waals surface area contributed by atoms with Gasteiger partial charge in [0, 0.05) is 17.7 Å². The fraction of sp³-hybridized carbons (Fsp3) is 0.294. The first-order chi connectivity index (χ1) is 10.9. The summed E-state index contributed by atoms with van der Waals surface area (Å²) in [5, 5.41) is 31.8. The molecule has 1 aliphatic rings. The van der Waals surface area contributed by atoms with Gasteiger partial charge >= 0.3 is 0 Å². The lowest BCUT2D eigenvalue weighted by molar-refractivity contribution is -0.274. The first-order valence-corrected chi connectivity index (χ1v) is 7.08. The molecule has 0 spiro atoms. The minimum atomic E-state index is -2.32. The number of aliphatic hydroxyl groups is 3. The molecule has 1 unspecified atom stereocenters. The van der Waals surface area contributed by atoms with Crippen LogP contribution in [0.3, 0.4) is 0 Å². The average molecular weight is 318 g/mol. The summed E-state index contributed by atoms with van der Waals surface area (Å²) in [5.41, 5.74) is 0.473. The Morgan fingerprint density at radius 3 is 2.30 bits per heavy atom. The summed E-state index contributed by atoms with van der Waals surface area (Å²) in [6.45, 7) is 0. The Kier molecular flexibility index (Phi) is 3.68. The Hall–Kier alpha value is -2.28. The van der Waals surface area contributed by atoms with Gasteiger partial charge in [-0.2, -0.15) is 0 Å². The predicted molar refractivity (Wildman–Crippen MR) is 81.2 cm³/mol. The Bertz CT molecular complexity index is 713. The average Bonchev–Trinajstić information content (AvgIpc) is 2.53. The molecule has 0 saturated heterocycles. The van der Waals surface area contributed by atoms with Crippen molar-refractivity contribution in [3.63, 3.8) is 0 Å². The molecule has 0 aliphatic carbocycles. The minimum Gasteiger partial charge on any atom is -0.496 e. The maximum absolute atomic E-state index is 10.8. The molecule has 23 heavy (non-hydrogen) atoms. The third-order valence-corrected chi connectivity index (χ3v) is 3.89. The molecule has 6 heteroatoms. The van der Waals surface area contributed by atoms with Crippen molar-refractivity contribution in [1.82, 2.24) is 0 Å². The molecular weight excluding hydrogens is 300 g/mol. The molecule has 0 saturated carbocycles. The van der Waals surface area contributed by atoms with Crippen LogP contribution in [0.15, 0.2) is 42.5 Å². The van der Waals surface area contributed by atoms with Crippen molar-refractivity contribution in [2.75, 3.05) is 14.2 Å². The predicted octanol–water partition coefficient (Wildman–Crippen LogP) is 1.47. The van der Waals surface area contributed by atoms with Crippen LogP contribution in [0.5, 0.6) is 17.2 Å². The van der Waals surface area contributed by atoms with Crippen LogP contribution in [-0.2, 0) is 11.6 Å². The van der Waals surface area contributed by atoms with Gasteiger partial charge in [0.25, 0.3) is 0 Å². The number of benzene rings is 2. The zero-order valence-corrected chi connectivity index (χ0v) is 12.8. The minimum absolute atomic E-state index is 0.0569. The number of fused-ring (bicyclic) bond motifs is 1. The zero-order valence-electron chi connectivity index (χ0n) is 12.8. The molecule has 0 aromatic heterocycles. The Balaban J connectivity index is 2.16. The number of hydrogen-bond donors (Lipinski definition) is 3. The van der Waals surface area contributed by atoms with Crippen LogP contribution in [0.25, 0.3) is 0 Å². The van der Waals surface area contributed by atoms with Gasteiger partial charge in [-0.1, -0.05) is 30.3 Å². The van der Waals surface area contributed by atoms with E-state index >= 15 is 0 Å². The van der Waals surface area contributed by atoms with Gasteiger partial charge in [0.1, 0.15) is 17.2 Å². The van der Waals surface area contributed by atoms with E-state index in [1.807, 2.05) is 0 Å². The Labute approximate surface area is 133 Å². The van der Waals surface area contributed by atoms with E-state index in [0.717, 1.165) is 0 Å². The van der Waals surface area contributed by atoms with E-state index in [1.165, 1.54) is 26.4 Å². The summed E-state index contributed by atoms with van der Waals surface area (Å²) in [6.07, 6.45) is -0.459. The summed E-state index contributed by atoms with van der Waals surface area (Å²) >= 11 is 0. The van der Waals surface area contributed by atoms with Crippen LogP contribution >= 0.6 is 0 Å². The quantitative estimate of drug-likeness (QED) is 0.743. The van der Waals surface area contributed by atoms with Crippen molar-refractivity contribution >= 4 is 0 Å². The van der Waals surface area contributed by atoms with Gasteiger partial charge in [0.2, 0.25) is 11.6 Å². The van der Waals surface area contributed by atoms with Crippen molar-refractivity contribution < 1.29 is 29.5 Å². The monoisotopic (exact) mass is 318 g/mol. The number of rotatable bonds is 3. The Morgan fingerprint density at radius 1 is 1.00 bits per heavy atom. The van der Waals surface area contributed by atoms with Crippen molar-refractivity contribution in [2.45, 2.75) is 18.0 Å². The highest BCUT2D eigenvalue weighted by Gasteiger charge is 2.50. The lowest BCUT2D eigenvalue weighted by Crippen LogP contribution is -2.46. The van der Waals surface area contributed by atoms with Gasteiger partial charge < -0.3 is 29.5 Å². The largest absolute Gasteiger partial charge is 0.496 e. The van der Waals surface area contributed by atoms with E-state index in [2.05, 4.69) is 0 Å². The highest BCUT2D eigenvalue weighted by Crippen LogP contribution is 2.50. The fourth-order valence-electron chi connectivity index (χ4n) is 2.82. The van der Waals surface area contributed by atoms with E-state index in [9.17, 15) is 15.3 Å². The molecule has 122 valence electrons. The zero-order chi connectivity index (χ0) is 16.7. The highest BCUT2D eigenvalue weighted by atomic mass is 16.6. The lowest BCUT2D eigenvalue weighted by atomic mass is 9.88. The highest BCUT2D eigenvalue weighted by molar-refractivity contribution is 5.54. The van der Waals surface area contributed by atoms with E-state index in [-0.39, 0.29) is 17.1 Å². The van der Waals surface area contributed by atoms with Crippen molar-refractivity contribution in [3.8, 4) is 17.2 Å². The van der Waals surface area contributed by atoms with Crippen LogP contribution in [-0.4, -0.2) is 29.5 Å². The van der Waals surface area contributed by atoms with Crippen LogP contribution in [0.2, 0.25) is 0 Å². The molecule has 0 amide bonds. The van der Waals surface area contributed by atoms with Gasteiger partial charge in [-0.05, 0) is 0 Å². The van der Waals surface area contributed by atoms with Gasteiger partial charge in [-0.3, -0.25) is 0 Å². The van der Waals surface area contributed by atoms with Crippen molar-refractivity contribution in [3.05, 3.63) is 53.6 Å². The lowest BCUT2D eigenvalue weighted by Gasteiger charge is -2.41. The van der Waals surface area contributed by atoms with Crippen LogP contribution in [0.4, 0.5) is 0 Å². The molecular formula is C17H18O6. The standard InChI is InChI=1S/C17H18O6/c1-21-12-8-13(22-2)15-14(9-12)23-17(20,10-16(15,18)19)11-6-4-3-5-7-11/h3-9,18-20H,10H2,1-2H3. The van der Waals surface area contributed by atoms with E-state index in [1.54, 1.807) is 30.3 Å². The third-order valence-electron chi connectivity index (χ3n) is 3.89. The fourth-order valence-corrected chi connectivity index (χ4v) is 2.82. The smallest absolute Gasteiger partial charge is 0.240 e. The molecule has 0 radical (unpaired) electrons.